The summed E-state index contributed by atoms with van der Waals surface area (Å²) in [5.41, 5.74) is 6.20. The monoisotopic (exact) mass is 204 g/mol. The largest absolute Gasteiger partial charge is 0.384 e. The molecule has 1 unspecified atom stereocenters. The number of rotatable bonds is 2. The fraction of sp³-hybridized carbons (Fsp3) is 0.455. The number of hydrogen-bond acceptors (Lipinski definition) is 3. The molecular formula is C11H16N4. The minimum absolute atomic E-state index is 0.102. The van der Waals surface area contributed by atoms with Gasteiger partial charge in [-0.3, -0.25) is 5.41 Å². The van der Waals surface area contributed by atoms with Crippen molar-refractivity contribution in [1.82, 2.24) is 4.98 Å². The van der Waals surface area contributed by atoms with Crippen molar-refractivity contribution in [2.75, 3.05) is 11.4 Å². The van der Waals surface area contributed by atoms with Crippen LogP contribution in [0.5, 0.6) is 0 Å². The average molecular weight is 204 g/mol. The summed E-state index contributed by atoms with van der Waals surface area (Å²) in [4.78, 5) is 6.60. The molecule has 0 bridgehead atoms. The minimum Gasteiger partial charge on any atom is -0.384 e. The Hall–Kier alpha value is -1.58. The second kappa shape index (κ2) is 3.88. The van der Waals surface area contributed by atoms with Gasteiger partial charge in [-0.25, -0.2) is 4.98 Å². The molecule has 1 aliphatic heterocycles. The molecule has 4 nitrogen and oxygen atoms in total. The van der Waals surface area contributed by atoms with E-state index in [1.807, 2.05) is 6.07 Å². The summed E-state index contributed by atoms with van der Waals surface area (Å²) in [6.45, 7) is 3.25. The van der Waals surface area contributed by atoms with Crippen LogP contribution in [-0.2, 0) is 0 Å². The Labute approximate surface area is 89.6 Å². The van der Waals surface area contributed by atoms with Crippen LogP contribution in [0.25, 0.3) is 0 Å². The third kappa shape index (κ3) is 1.93. The van der Waals surface area contributed by atoms with Crippen LogP contribution in [-0.4, -0.2) is 23.4 Å². The highest BCUT2D eigenvalue weighted by molar-refractivity contribution is 5.95. The van der Waals surface area contributed by atoms with Gasteiger partial charge in [0.2, 0.25) is 0 Å². The van der Waals surface area contributed by atoms with Crippen LogP contribution >= 0.6 is 0 Å². The molecule has 2 rings (SSSR count). The second-order valence-electron chi connectivity index (χ2n) is 4.00. The van der Waals surface area contributed by atoms with Crippen LogP contribution < -0.4 is 10.6 Å². The zero-order chi connectivity index (χ0) is 10.8. The Morgan fingerprint density at radius 1 is 1.67 bits per heavy atom. The van der Waals surface area contributed by atoms with Gasteiger partial charge in [-0.15, -0.1) is 0 Å². The number of pyridine rings is 1. The number of nitrogens with zero attached hydrogens (tertiary/aromatic N) is 2. The van der Waals surface area contributed by atoms with E-state index in [4.69, 9.17) is 11.1 Å². The molecule has 0 spiro atoms. The number of hydrogen-bond donors (Lipinski definition) is 2. The van der Waals surface area contributed by atoms with Crippen molar-refractivity contribution in [3.8, 4) is 0 Å². The fourth-order valence-electron chi connectivity index (χ4n) is 2.02. The molecule has 2 heterocycles. The molecule has 0 aliphatic carbocycles. The first-order chi connectivity index (χ1) is 7.18. The van der Waals surface area contributed by atoms with E-state index in [1.54, 1.807) is 12.3 Å². The first kappa shape index (κ1) is 9.96. The number of amidine groups is 1. The highest BCUT2D eigenvalue weighted by atomic mass is 15.2. The van der Waals surface area contributed by atoms with Gasteiger partial charge in [0.1, 0.15) is 11.7 Å². The molecule has 0 aromatic carbocycles. The van der Waals surface area contributed by atoms with Crippen molar-refractivity contribution in [3.63, 3.8) is 0 Å². The third-order valence-corrected chi connectivity index (χ3v) is 2.90. The summed E-state index contributed by atoms with van der Waals surface area (Å²) in [6, 6.07) is 4.20. The van der Waals surface area contributed by atoms with Crippen LogP contribution in [0.2, 0.25) is 0 Å². The molecule has 1 aliphatic rings. The van der Waals surface area contributed by atoms with E-state index in [0.717, 1.165) is 17.9 Å². The van der Waals surface area contributed by atoms with Crippen molar-refractivity contribution in [2.45, 2.75) is 25.8 Å². The number of nitrogens with two attached hydrogens (primary N) is 1. The molecule has 4 heteroatoms. The standard InChI is InChI=1S/C11H16N4/c1-8-3-2-6-15(8)10-7-9(11(12)13)4-5-14-10/h4-5,7-8H,2-3,6H2,1H3,(H3,12,13). The molecule has 3 N–H and O–H groups in total. The maximum Gasteiger partial charge on any atom is 0.129 e. The molecule has 80 valence electrons. The molecule has 0 amide bonds. The molecule has 1 atom stereocenters. The van der Waals surface area contributed by atoms with Crippen molar-refractivity contribution >= 4 is 11.7 Å². The van der Waals surface area contributed by atoms with Crippen molar-refractivity contribution in [1.29, 1.82) is 5.41 Å². The molecular weight excluding hydrogens is 188 g/mol. The first-order valence-corrected chi connectivity index (χ1v) is 5.25. The van der Waals surface area contributed by atoms with E-state index in [-0.39, 0.29) is 5.84 Å². The molecule has 0 radical (unpaired) electrons. The van der Waals surface area contributed by atoms with Gasteiger partial charge in [-0.05, 0) is 31.9 Å². The normalized spacial score (nSPS) is 20.6. The smallest absolute Gasteiger partial charge is 0.129 e. The molecule has 0 saturated carbocycles. The summed E-state index contributed by atoms with van der Waals surface area (Å²) < 4.78 is 0. The van der Waals surface area contributed by atoms with Crippen LogP contribution in [0, 0.1) is 5.41 Å². The molecule has 1 fully saturated rings. The van der Waals surface area contributed by atoms with Gasteiger partial charge < -0.3 is 10.6 Å². The van der Waals surface area contributed by atoms with E-state index < -0.39 is 0 Å². The van der Waals surface area contributed by atoms with Gasteiger partial charge in [0.25, 0.3) is 0 Å². The lowest BCUT2D eigenvalue weighted by Gasteiger charge is -2.22. The van der Waals surface area contributed by atoms with E-state index in [9.17, 15) is 0 Å². The Morgan fingerprint density at radius 2 is 2.47 bits per heavy atom. The number of nitrogen functional groups attached to an aromatic ring is 1. The summed E-state index contributed by atoms with van der Waals surface area (Å²) >= 11 is 0. The molecule has 1 saturated heterocycles. The van der Waals surface area contributed by atoms with E-state index in [1.165, 1.54) is 12.8 Å². The van der Waals surface area contributed by atoms with Gasteiger partial charge in [-0.1, -0.05) is 0 Å². The van der Waals surface area contributed by atoms with E-state index in [2.05, 4.69) is 16.8 Å². The van der Waals surface area contributed by atoms with E-state index in [0.29, 0.717) is 6.04 Å². The lowest BCUT2D eigenvalue weighted by molar-refractivity contribution is 0.727. The maximum absolute atomic E-state index is 7.38. The topological polar surface area (TPSA) is 66.0 Å². The minimum atomic E-state index is 0.102. The van der Waals surface area contributed by atoms with Crippen LogP contribution in [0.4, 0.5) is 5.82 Å². The lowest BCUT2D eigenvalue weighted by Crippen LogP contribution is -2.27. The van der Waals surface area contributed by atoms with Gasteiger partial charge in [0, 0.05) is 24.3 Å². The Balaban J connectivity index is 2.28. The zero-order valence-corrected chi connectivity index (χ0v) is 8.90. The van der Waals surface area contributed by atoms with Crippen LogP contribution in [0.3, 0.4) is 0 Å². The molecule has 15 heavy (non-hydrogen) atoms. The second-order valence-corrected chi connectivity index (χ2v) is 4.00. The first-order valence-electron chi connectivity index (χ1n) is 5.25. The highest BCUT2D eigenvalue weighted by Gasteiger charge is 2.21. The zero-order valence-electron chi connectivity index (χ0n) is 8.90. The quantitative estimate of drug-likeness (QED) is 0.564. The number of nitrogens with one attached hydrogen (secondary N) is 1. The predicted octanol–water partition coefficient (Wildman–Crippen LogP) is 1.35. The van der Waals surface area contributed by atoms with E-state index >= 15 is 0 Å². The summed E-state index contributed by atoms with van der Waals surface area (Å²) in [6.07, 6.45) is 4.15. The Bertz CT molecular complexity index is 375. The average Bonchev–Trinajstić information content (AvgIpc) is 2.64. The summed E-state index contributed by atoms with van der Waals surface area (Å²) in [7, 11) is 0. The fourth-order valence-corrected chi connectivity index (χ4v) is 2.02. The van der Waals surface area contributed by atoms with Gasteiger partial charge >= 0.3 is 0 Å². The van der Waals surface area contributed by atoms with Crippen LogP contribution in [0.15, 0.2) is 18.3 Å². The Kier molecular flexibility index (Phi) is 2.58. The Morgan fingerprint density at radius 3 is 3.07 bits per heavy atom. The lowest BCUT2D eigenvalue weighted by atomic mass is 10.2. The number of anilines is 1. The molecule has 1 aromatic heterocycles. The van der Waals surface area contributed by atoms with Crippen LogP contribution in [0.1, 0.15) is 25.3 Å². The third-order valence-electron chi connectivity index (χ3n) is 2.90. The van der Waals surface area contributed by atoms with Crippen molar-refractivity contribution in [2.24, 2.45) is 5.73 Å². The predicted molar refractivity (Wildman–Crippen MR) is 61.3 cm³/mol. The highest BCUT2D eigenvalue weighted by Crippen LogP contribution is 2.23. The van der Waals surface area contributed by atoms with Gasteiger partial charge in [0.05, 0.1) is 0 Å². The number of aromatic nitrogens is 1. The maximum atomic E-state index is 7.38. The van der Waals surface area contributed by atoms with Gasteiger partial charge in [0.15, 0.2) is 0 Å². The SMILES string of the molecule is CC1CCCN1c1cc(C(=N)N)ccn1. The summed E-state index contributed by atoms with van der Waals surface area (Å²) in [5, 5.41) is 7.38. The summed E-state index contributed by atoms with van der Waals surface area (Å²) in [5.74, 6) is 1.04. The van der Waals surface area contributed by atoms with Gasteiger partial charge in [-0.2, -0.15) is 0 Å². The van der Waals surface area contributed by atoms with Crippen molar-refractivity contribution < 1.29 is 0 Å². The van der Waals surface area contributed by atoms with Crippen molar-refractivity contribution in [3.05, 3.63) is 23.9 Å². The molecule has 1 aromatic rings.